The minimum absolute atomic E-state index is 0.0960. The van der Waals surface area contributed by atoms with Gasteiger partial charge in [-0.2, -0.15) is 13.5 Å². The van der Waals surface area contributed by atoms with Crippen LogP contribution in [0.5, 0.6) is 17.2 Å². The van der Waals surface area contributed by atoms with Crippen molar-refractivity contribution in [3.05, 3.63) is 156 Å². The summed E-state index contributed by atoms with van der Waals surface area (Å²) in [6, 6.07) is 6.32. The molecule has 7 aromatic rings. The number of aromatic hydroxyl groups is 1. The third-order valence-electron chi connectivity index (χ3n) is 19.3. The second-order valence-corrected chi connectivity index (χ2v) is 28.6. The highest BCUT2D eigenvalue weighted by molar-refractivity contribution is 7.81. The second kappa shape index (κ2) is 37.6. The molecule has 0 radical (unpaired) electrons. The van der Waals surface area contributed by atoms with E-state index >= 15 is 0 Å². The van der Waals surface area contributed by atoms with Crippen molar-refractivity contribution in [1.29, 1.82) is 0 Å². The molecule has 42 heteroatoms. The summed E-state index contributed by atoms with van der Waals surface area (Å²) in [4.78, 5) is 126. The number of nitrogens with zero attached hydrogens (tertiary/aromatic N) is 8. The molecule has 4 aromatic carbocycles. The number of benzene rings is 4. The molecule has 17 atom stereocenters. The topological polar surface area (TPSA) is 587 Å². The second-order valence-electron chi connectivity index (χ2n) is 27.5. The number of rotatable bonds is 23. The van der Waals surface area contributed by atoms with Gasteiger partial charge >= 0.3 is 10.4 Å². The number of hydrogen-bond donors (Lipinski definition) is 17. The summed E-state index contributed by atoms with van der Waals surface area (Å²) < 4.78 is 91.1. The van der Waals surface area contributed by atoms with E-state index < -0.39 is 227 Å². The number of nitrogens with two attached hydrogens (primary N) is 1. The first-order chi connectivity index (χ1) is 53.9. The van der Waals surface area contributed by atoms with E-state index in [9.17, 15) is 116 Å². The van der Waals surface area contributed by atoms with Crippen molar-refractivity contribution >= 4 is 57.7 Å². The highest BCUT2D eigenvalue weighted by atomic mass is 32.3. The first-order valence-corrected chi connectivity index (χ1v) is 36.9. The number of aliphatic hydroxyl groups is 9. The molecule has 0 bridgehead atoms. The molecule has 3 fully saturated rings. The first kappa shape index (κ1) is 86.8. The number of primary amides is 1. The van der Waals surface area contributed by atoms with Crippen LogP contribution in [0.3, 0.4) is 0 Å². The molecule has 10 rings (SSSR count). The normalized spacial score (nSPS) is 23.9. The van der Waals surface area contributed by atoms with Crippen molar-refractivity contribution in [2.45, 2.75) is 169 Å². The Kier molecular flexibility index (Phi) is 28.7. The Balaban J connectivity index is 0.000000501. The van der Waals surface area contributed by atoms with E-state index in [2.05, 4.69) is 52.3 Å². The van der Waals surface area contributed by atoms with Gasteiger partial charge in [-0.1, -0.05) is 63.0 Å². The fraction of sp³-hybridized carbons (Fsp3) is 0.431. The third kappa shape index (κ3) is 21.2. The number of halogens is 3. The molecule has 38 nitrogen and oxygen atoms in total. The molecule has 0 unspecified atom stereocenters. The lowest BCUT2D eigenvalue weighted by Gasteiger charge is -2.34. The molecule has 0 saturated carbocycles. The molecule has 0 spiro atoms. The molecule has 6 heterocycles. The van der Waals surface area contributed by atoms with Gasteiger partial charge in [0.1, 0.15) is 102 Å². The van der Waals surface area contributed by atoms with Crippen LogP contribution in [0.1, 0.15) is 105 Å². The summed E-state index contributed by atoms with van der Waals surface area (Å²) in [6.45, 7) is 4.99. The van der Waals surface area contributed by atoms with Crippen LogP contribution in [0.25, 0.3) is 22.6 Å². The van der Waals surface area contributed by atoms with Gasteiger partial charge in [0.15, 0.2) is 29.3 Å². The minimum Gasteiger partial charge on any atom is -0.504 e. The van der Waals surface area contributed by atoms with Gasteiger partial charge in [-0.15, -0.1) is 0 Å². The number of carbonyl (C=O) groups is 8. The summed E-state index contributed by atoms with van der Waals surface area (Å²) in [6.07, 6.45) is -12.6. The summed E-state index contributed by atoms with van der Waals surface area (Å²) in [7, 11) is -5.35. The highest BCUT2D eigenvalue weighted by Gasteiger charge is 2.51. The number of phenols is 1. The fourth-order valence-corrected chi connectivity index (χ4v) is 13.4. The lowest BCUT2D eigenvalue weighted by molar-refractivity contribution is -0.149. The van der Waals surface area contributed by atoms with Crippen LogP contribution in [0.2, 0.25) is 0 Å². The van der Waals surface area contributed by atoms with Crippen molar-refractivity contribution < 1.29 is 129 Å². The van der Waals surface area contributed by atoms with Crippen LogP contribution < -0.4 is 41.2 Å². The van der Waals surface area contributed by atoms with Gasteiger partial charge in [0.2, 0.25) is 41.4 Å². The molecular formula is C72H85F3N14O24S. The molecule has 3 aliphatic rings. The average Bonchev–Trinajstić information content (AvgIpc) is 1.16. The van der Waals surface area contributed by atoms with Crippen molar-refractivity contribution in [2.75, 3.05) is 19.7 Å². The number of amides is 8. The van der Waals surface area contributed by atoms with Crippen molar-refractivity contribution in [3.8, 4) is 39.8 Å². The standard InChI is InChI=1S/C56H71N9O23S.C16H14F3N5O/c1-4-5-6-17-86-32-14-11-28(12-15-32)39-21-33(63-87-39)27-7-9-29(10-8-27)49(75)58-34-20-38(70)52(78)62-54(80)45-46(72)25(2)23-65(45)56(82)43(37(69)22-41(57)71)60-53(79)44(48(74)47(73)30-13-16-36(68)40(18-30)88-89(83,84)85)61-51(77)35-19-31(67)24-64(35)55(81)42(26(3)66)59-50(34)76;1-10(15-14(19)5-20-7-22-15)16(25,6-24-9-21-8-23-24)12-3-2-11(17)4-13(12)18/h7-16,18,21,25-26,31,34-35,37-38,42-48,52,66-70,72-74,78H,4-6,17,19-20,22-24H2,1-3H3,(H2,57,71)(H,58,75)(H,59,76)(H,60,79)(H,61,77)(H,62,80)(H,83,84,85);2-5,7-10,25H,6H2,1H3/t25-,26+,31+,34-,35-,37+,38+,42-,43-,44-,45-,46-,47-,48-,52+;10-,16+/m00/s1. The van der Waals surface area contributed by atoms with E-state index in [4.69, 9.17) is 15.0 Å². The number of fused-ring (bicyclic) bond motifs is 2. The number of phenolic OH excluding ortho intramolecular Hbond substituents is 1. The summed E-state index contributed by atoms with van der Waals surface area (Å²) in [5.74, 6) is -16.4. The van der Waals surface area contributed by atoms with E-state index in [-0.39, 0.29) is 23.4 Å². The number of unbranched alkanes of at least 4 members (excludes halogenated alkanes) is 2. The van der Waals surface area contributed by atoms with Crippen LogP contribution in [-0.2, 0) is 56.1 Å². The van der Waals surface area contributed by atoms with Crippen LogP contribution in [0.15, 0.2) is 121 Å². The Hall–Kier alpha value is -11.2. The van der Waals surface area contributed by atoms with Gasteiger partial charge in [0, 0.05) is 72.2 Å². The Labute approximate surface area is 647 Å². The SMILES string of the molecule is CCCCCOc1ccc(-c2cc(-c3ccc(C(=O)N[C@H]4C[C@@H](O)[C@@H](O)NC(=O)[C@@H]5[C@@H](O)[C@@H](C)CN5C(=O)[C@H]([C@H](O)CC(N)=O)NC(=O)[C@H]([C@H](O)[C@@H](O)c5ccc(O)c(OS(=O)(=O)O)c5)NC(=O)[C@@H]5C[C@@H](O)CN5C(=O)[C@H]([C@@H](C)O)NC4=O)cc3)no2)cc1.C[C@@H](c1ncncc1F)[C@](O)(Cn1cncn1)c1ccc(F)cc1F. The lowest BCUT2D eigenvalue weighted by Crippen LogP contribution is -2.64. The Bertz CT molecular complexity index is 4690. The van der Waals surface area contributed by atoms with Crippen LogP contribution in [0.4, 0.5) is 13.2 Å². The predicted molar refractivity (Wildman–Crippen MR) is 384 cm³/mol. The summed E-state index contributed by atoms with van der Waals surface area (Å²) in [5.41, 5.74) is 3.91. The van der Waals surface area contributed by atoms with E-state index in [0.717, 1.165) is 56.9 Å². The van der Waals surface area contributed by atoms with Crippen molar-refractivity contribution in [2.24, 2.45) is 11.7 Å². The monoisotopic (exact) mass is 1620 g/mol. The van der Waals surface area contributed by atoms with Gasteiger partial charge in [0.05, 0.1) is 55.9 Å². The van der Waals surface area contributed by atoms with Gasteiger partial charge in [-0.25, -0.2) is 32.8 Å². The van der Waals surface area contributed by atoms with Gasteiger partial charge in [-0.05, 0) is 73.5 Å². The van der Waals surface area contributed by atoms with E-state index in [1.807, 2.05) is 10.6 Å². The number of carbonyl (C=O) groups excluding carboxylic acids is 8. The smallest absolute Gasteiger partial charge is 0.446 e. The fourth-order valence-electron chi connectivity index (χ4n) is 13.1. The zero-order valence-electron chi connectivity index (χ0n) is 61.2. The quantitative estimate of drug-likeness (QED) is 0.0250. The molecule has 0 aliphatic carbocycles. The molecule has 3 aromatic heterocycles. The number of aromatic nitrogens is 6. The maximum atomic E-state index is 14.7. The number of aliphatic hydroxyl groups excluding tert-OH is 8. The van der Waals surface area contributed by atoms with Gasteiger partial charge < -0.3 is 107 Å². The van der Waals surface area contributed by atoms with Crippen LogP contribution >= 0.6 is 0 Å². The number of hydrogen-bond acceptors (Lipinski definition) is 28. The number of ether oxygens (including phenoxy) is 1. The highest BCUT2D eigenvalue weighted by Crippen LogP contribution is 2.40. The Morgan fingerprint density at radius 1 is 0.772 bits per heavy atom. The Morgan fingerprint density at radius 3 is 2.09 bits per heavy atom. The van der Waals surface area contributed by atoms with Crippen molar-refractivity contribution in [3.63, 3.8) is 0 Å². The average molecular weight is 1620 g/mol. The maximum Gasteiger partial charge on any atom is 0.446 e. The molecular weight excluding hydrogens is 1530 g/mol. The zero-order valence-corrected chi connectivity index (χ0v) is 62.0. The first-order valence-electron chi connectivity index (χ1n) is 35.5. The Morgan fingerprint density at radius 2 is 1.45 bits per heavy atom. The summed E-state index contributed by atoms with van der Waals surface area (Å²) in [5, 5.41) is 131. The molecule has 614 valence electrons. The third-order valence-corrected chi connectivity index (χ3v) is 19.7. The van der Waals surface area contributed by atoms with E-state index in [1.165, 1.54) is 55.4 Å². The summed E-state index contributed by atoms with van der Waals surface area (Å²) >= 11 is 0. The van der Waals surface area contributed by atoms with E-state index in [0.29, 0.717) is 62.9 Å². The lowest BCUT2D eigenvalue weighted by atomic mass is 9.79. The molecule has 18 N–H and O–H groups in total. The predicted octanol–water partition coefficient (Wildman–Crippen LogP) is -1.73. The maximum absolute atomic E-state index is 14.7. The van der Waals surface area contributed by atoms with Crippen LogP contribution in [-0.4, -0.2) is 250 Å². The number of nitrogens with one attached hydrogen (secondary N) is 5. The molecule has 8 amide bonds. The van der Waals surface area contributed by atoms with Gasteiger partial charge in [0.25, 0.3) is 5.91 Å². The van der Waals surface area contributed by atoms with Gasteiger partial charge in [-0.3, -0.25) is 42.9 Å². The van der Waals surface area contributed by atoms with Crippen LogP contribution in [0, 0.1) is 23.4 Å². The minimum atomic E-state index is -5.35. The zero-order chi connectivity index (χ0) is 83.4. The molecule has 3 saturated heterocycles. The largest absolute Gasteiger partial charge is 0.504 e. The van der Waals surface area contributed by atoms with Crippen molar-refractivity contribution in [1.82, 2.24) is 66.3 Å². The molecule has 3 aliphatic heterocycles. The molecule has 114 heavy (non-hydrogen) atoms. The van der Waals surface area contributed by atoms with E-state index in [1.54, 1.807) is 30.3 Å².